The van der Waals surface area contributed by atoms with Crippen LogP contribution in [0, 0.1) is 5.92 Å². The average molecular weight is 432 g/mol. The van der Waals surface area contributed by atoms with Crippen LogP contribution in [0.2, 0.25) is 0 Å². The minimum Gasteiger partial charge on any atom is -0.274 e. The van der Waals surface area contributed by atoms with Crippen LogP contribution >= 0.6 is 0 Å². The molecule has 9 nitrogen and oxygen atoms in total. The molecule has 0 saturated carbocycles. The summed E-state index contributed by atoms with van der Waals surface area (Å²) in [4.78, 5) is 25.0. The molecule has 0 unspecified atom stereocenters. The Labute approximate surface area is 185 Å². The Morgan fingerprint density at radius 3 is 2.47 bits per heavy atom. The molecule has 0 amide bonds. The van der Waals surface area contributed by atoms with Gasteiger partial charge in [0.2, 0.25) is 0 Å². The number of aromatic amines is 1. The van der Waals surface area contributed by atoms with E-state index in [0.29, 0.717) is 30.5 Å². The number of hydrogen-bond acceptors (Lipinski definition) is 6. The van der Waals surface area contributed by atoms with Crippen LogP contribution < -0.4 is 5.69 Å². The van der Waals surface area contributed by atoms with E-state index in [1.54, 1.807) is 11.5 Å². The first-order valence-electron chi connectivity index (χ1n) is 10.6. The molecule has 0 fully saturated rings. The normalized spacial score (nSPS) is 11.2. The van der Waals surface area contributed by atoms with Gasteiger partial charge >= 0.3 is 5.69 Å². The predicted molar refractivity (Wildman–Crippen MR) is 120 cm³/mol. The zero-order valence-electron chi connectivity index (χ0n) is 18.3. The maximum absolute atomic E-state index is 12.8. The molecule has 0 saturated heterocycles. The van der Waals surface area contributed by atoms with Crippen molar-refractivity contribution in [2.75, 3.05) is 0 Å². The molecule has 2 aromatic heterocycles. The summed E-state index contributed by atoms with van der Waals surface area (Å²) >= 11 is 0. The average Bonchev–Trinajstić information content (AvgIpc) is 3.44. The summed E-state index contributed by atoms with van der Waals surface area (Å²) in [5, 5.41) is 18.3. The van der Waals surface area contributed by atoms with Crippen LogP contribution in [0.1, 0.15) is 43.4 Å². The molecule has 4 aromatic rings. The highest BCUT2D eigenvalue weighted by molar-refractivity contribution is 5.77. The molecular weight excluding hydrogens is 406 g/mol. The van der Waals surface area contributed by atoms with E-state index < -0.39 is 0 Å². The van der Waals surface area contributed by atoms with Crippen molar-refractivity contribution in [3.8, 4) is 22.5 Å². The molecular formula is C23H25N7O2. The van der Waals surface area contributed by atoms with Crippen molar-refractivity contribution in [3.63, 3.8) is 0 Å². The maximum Gasteiger partial charge on any atom is 0.353 e. The Balaban J connectivity index is 1.61. The van der Waals surface area contributed by atoms with E-state index in [9.17, 15) is 9.59 Å². The van der Waals surface area contributed by atoms with Gasteiger partial charge in [-0.05, 0) is 39.1 Å². The summed E-state index contributed by atoms with van der Waals surface area (Å²) in [5.41, 5.74) is 3.54. The number of carbonyl (C=O) groups is 1. The molecule has 0 bridgehead atoms. The van der Waals surface area contributed by atoms with Crippen LogP contribution in [0.5, 0.6) is 0 Å². The predicted octanol–water partition coefficient (Wildman–Crippen LogP) is 3.19. The standard InChI is InChI=1S/C23H25N7O2/c1-4-21(31)30-23(32)29(20(26-30)12-15(2)3)14-16-8-10-17(11-9-16)18-6-5-7-19(13-18)22-24-27-28-25-22/h5-11,13,15H,4,12,14H2,1-3H3,(H,24,25,27,28). The van der Waals surface area contributed by atoms with Gasteiger partial charge in [-0.15, -0.1) is 14.9 Å². The van der Waals surface area contributed by atoms with Gasteiger partial charge in [-0.25, -0.2) is 9.89 Å². The van der Waals surface area contributed by atoms with Crippen molar-refractivity contribution in [3.05, 3.63) is 70.4 Å². The van der Waals surface area contributed by atoms with E-state index in [-0.39, 0.29) is 18.0 Å². The highest BCUT2D eigenvalue weighted by atomic mass is 16.2. The molecule has 9 heteroatoms. The highest BCUT2D eigenvalue weighted by Crippen LogP contribution is 2.24. The molecule has 0 aliphatic rings. The largest absolute Gasteiger partial charge is 0.353 e. The minimum absolute atomic E-state index is 0.232. The van der Waals surface area contributed by atoms with Crippen molar-refractivity contribution in [2.24, 2.45) is 5.92 Å². The lowest BCUT2D eigenvalue weighted by molar-refractivity contribution is 0.0887. The number of carbonyl (C=O) groups excluding carboxylic acids is 1. The van der Waals surface area contributed by atoms with E-state index in [1.807, 2.05) is 48.5 Å². The Bertz CT molecular complexity index is 1270. The summed E-state index contributed by atoms with van der Waals surface area (Å²) in [6.07, 6.45) is 0.858. The monoisotopic (exact) mass is 431 g/mol. The summed E-state index contributed by atoms with van der Waals surface area (Å²) < 4.78 is 2.59. The number of nitrogens with zero attached hydrogens (tertiary/aromatic N) is 6. The Morgan fingerprint density at radius 1 is 1.06 bits per heavy atom. The fourth-order valence-electron chi connectivity index (χ4n) is 3.54. The molecule has 1 N–H and O–H groups in total. The topological polar surface area (TPSA) is 111 Å². The van der Waals surface area contributed by atoms with Crippen LogP contribution in [-0.2, 0) is 13.0 Å². The number of H-pyrrole nitrogens is 1. The van der Waals surface area contributed by atoms with Crippen LogP contribution in [0.4, 0.5) is 0 Å². The summed E-state index contributed by atoms with van der Waals surface area (Å²) in [6, 6.07) is 15.9. The molecule has 164 valence electrons. The number of nitrogens with one attached hydrogen (secondary N) is 1. The van der Waals surface area contributed by atoms with Crippen molar-refractivity contribution in [1.29, 1.82) is 0 Å². The van der Waals surface area contributed by atoms with E-state index in [0.717, 1.165) is 26.9 Å². The fourth-order valence-corrected chi connectivity index (χ4v) is 3.54. The van der Waals surface area contributed by atoms with Gasteiger partial charge in [-0.2, -0.15) is 0 Å². The van der Waals surface area contributed by atoms with Crippen molar-refractivity contribution in [2.45, 2.75) is 40.2 Å². The van der Waals surface area contributed by atoms with E-state index in [2.05, 4.69) is 39.6 Å². The molecule has 0 spiro atoms. The second-order valence-corrected chi connectivity index (χ2v) is 8.07. The minimum atomic E-state index is -0.384. The van der Waals surface area contributed by atoms with Gasteiger partial charge < -0.3 is 0 Å². The van der Waals surface area contributed by atoms with Crippen LogP contribution in [0.25, 0.3) is 22.5 Å². The van der Waals surface area contributed by atoms with E-state index >= 15 is 0 Å². The van der Waals surface area contributed by atoms with Crippen molar-refractivity contribution < 1.29 is 4.79 Å². The first-order valence-corrected chi connectivity index (χ1v) is 10.6. The lowest BCUT2D eigenvalue weighted by Crippen LogP contribution is -2.30. The maximum atomic E-state index is 12.8. The Morgan fingerprint density at radius 2 is 1.81 bits per heavy atom. The SMILES string of the molecule is CCC(=O)n1nc(CC(C)C)n(Cc2ccc(-c3cccc(-c4nnn[nH]4)c3)cc2)c1=O. The third-order valence-corrected chi connectivity index (χ3v) is 5.18. The second-order valence-electron chi connectivity index (χ2n) is 8.07. The molecule has 32 heavy (non-hydrogen) atoms. The van der Waals surface area contributed by atoms with Gasteiger partial charge in [0.1, 0.15) is 5.82 Å². The molecule has 0 aliphatic carbocycles. The number of aromatic nitrogens is 7. The van der Waals surface area contributed by atoms with E-state index in [1.165, 1.54) is 0 Å². The molecule has 0 aliphatic heterocycles. The number of rotatable bonds is 7. The fraction of sp³-hybridized carbons (Fsp3) is 0.304. The molecule has 4 rings (SSSR count). The van der Waals surface area contributed by atoms with Crippen LogP contribution in [0.3, 0.4) is 0 Å². The van der Waals surface area contributed by atoms with Gasteiger partial charge in [-0.3, -0.25) is 9.36 Å². The second kappa shape index (κ2) is 9.09. The molecule has 0 atom stereocenters. The van der Waals surface area contributed by atoms with Crippen LogP contribution in [-0.4, -0.2) is 40.9 Å². The lowest BCUT2D eigenvalue weighted by atomic mass is 10.0. The zero-order chi connectivity index (χ0) is 22.7. The van der Waals surface area contributed by atoms with Gasteiger partial charge in [-0.1, -0.05) is 63.2 Å². The number of hydrogen-bond donors (Lipinski definition) is 1. The Kier molecular flexibility index (Phi) is 6.07. The third kappa shape index (κ3) is 4.41. The smallest absolute Gasteiger partial charge is 0.274 e. The number of tetrazole rings is 1. The lowest BCUT2D eigenvalue weighted by Gasteiger charge is -2.09. The first-order chi connectivity index (χ1) is 15.5. The van der Waals surface area contributed by atoms with Gasteiger partial charge in [0, 0.05) is 18.4 Å². The summed E-state index contributed by atoms with van der Waals surface area (Å²) in [7, 11) is 0. The molecule has 2 aromatic carbocycles. The zero-order valence-corrected chi connectivity index (χ0v) is 18.3. The highest BCUT2D eigenvalue weighted by Gasteiger charge is 2.18. The molecule has 2 heterocycles. The Hall–Kier alpha value is -3.88. The summed E-state index contributed by atoms with van der Waals surface area (Å²) in [6.45, 7) is 6.21. The third-order valence-electron chi connectivity index (χ3n) is 5.18. The summed E-state index contributed by atoms with van der Waals surface area (Å²) in [5.74, 6) is 1.26. The number of benzene rings is 2. The quantitative estimate of drug-likeness (QED) is 0.481. The van der Waals surface area contributed by atoms with Crippen molar-refractivity contribution >= 4 is 5.91 Å². The van der Waals surface area contributed by atoms with Crippen LogP contribution in [0.15, 0.2) is 53.3 Å². The molecule has 0 radical (unpaired) electrons. The van der Waals surface area contributed by atoms with Crippen molar-refractivity contribution in [1.82, 2.24) is 35.0 Å². The first kappa shape index (κ1) is 21.4. The van der Waals surface area contributed by atoms with Gasteiger partial charge in [0.05, 0.1) is 6.54 Å². The van der Waals surface area contributed by atoms with Gasteiger partial charge in [0.15, 0.2) is 5.82 Å². The van der Waals surface area contributed by atoms with E-state index in [4.69, 9.17) is 0 Å². The van der Waals surface area contributed by atoms with Gasteiger partial charge in [0.25, 0.3) is 5.91 Å².